The Morgan fingerprint density at radius 3 is 2.43 bits per heavy atom. The number of unbranched alkanes of at least 4 members (excludes halogenated alkanes) is 4. The summed E-state index contributed by atoms with van der Waals surface area (Å²) in [5, 5.41) is 3.51. The molecule has 0 bridgehead atoms. The zero-order valence-corrected chi connectivity index (χ0v) is 14.0. The number of hydrogen-bond acceptors (Lipinski definition) is 1. The predicted octanol–water partition coefficient (Wildman–Crippen LogP) is 5.34. The van der Waals surface area contributed by atoms with E-state index in [9.17, 15) is 4.39 Å². The van der Waals surface area contributed by atoms with Crippen molar-refractivity contribution in [3.05, 3.63) is 35.6 Å². The number of rotatable bonds is 11. The number of nitrogens with one attached hydrogen (secondary N) is 1. The maximum atomic E-state index is 13.8. The van der Waals surface area contributed by atoms with E-state index in [0.717, 1.165) is 18.5 Å². The van der Waals surface area contributed by atoms with Gasteiger partial charge in [-0.1, -0.05) is 71.1 Å². The highest BCUT2D eigenvalue weighted by Crippen LogP contribution is 2.18. The van der Waals surface area contributed by atoms with Crippen molar-refractivity contribution in [3.8, 4) is 0 Å². The van der Waals surface area contributed by atoms with Crippen molar-refractivity contribution in [1.29, 1.82) is 0 Å². The molecule has 21 heavy (non-hydrogen) atoms. The zero-order chi connectivity index (χ0) is 15.5. The molecule has 0 fully saturated rings. The van der Waals surface area contributed by atoms with Gasteiger partial charge in [-0.3, -0.25) is 0 Å². The Balaban J connectivity index is 2.45. The van der Waals surface area contributed by atoms with Gasteiger partial charge in [0, 0.05) is 6.04 Å². The highest BCUT2D eigenvalue weighted by Gasteiger charge is 2.12. The van der Waals surface area contributed by atoms with Crippen LogP contribution in [-0.4, -0.2) is 12.6 Å². The molecule has 0 amide bonds. The van der Waals surface area contributed by atoms with Crippen molar-refractivity contribution in [1.82, 2.24) is 5.32 Å². The van der Waals surface area contributed by atoms with Crippen LogP contribution in [0.25, 0.3) is 0 Å². The molecule has 0 aliphatic heterocycles. The molecule has 1 aromatic rings. The first-order chi connectivity index (χ1) is 10.1. The Hall–Kier alpha value is -0.890. The van der Waals surface area contributed by atoms with Crippen LogP contribution in [0, 0.1) is 11.7 Å². The minimum atomic E-state index is -0.0574. The number of hydrogen-bond donors (Lipinski definition) is 1. The summed E-state index contributed by atoms with van der Waals surface area (Å²) in [5.74, 6) is 0.476. The molecule has 0 saturated carbocycles. The van der Waals surface area contributed by atoms with E-state index in [1.807, 2.05) is 12.1 Å². The van der Waals surface area contributed by atoms with Crippen LogP contribution in [0.3, 0.4) is 0 Å². The topological polar surface area (TPSA) is 12.0 Å². The largest absolute Gasteiger partial charge is 0.314 e. The third kappa shape index (κ3) is 8.21. The second-order valence-electron chi connectivity index (χ2n) is 6.43. The molecule has 0 aliphatic rings. The molecule has 0 aromatic heterocycles. The summed E-state index contributed by atoms with van der Waals surface area (Å²) in [6.07, 6.45) is 8.57. The van der Waals surface area contributed by atoms with Crippen molar-refractivity contribution in [2.75, 3.05) is 6.54 Å². The average molecular weight is 293 g/mol. The summed E-state index contributed by atoms with van der Waals surface area (Å²) in [6, 6.07) is 7.70. The Labute approximate surface area is 130 Å². The van der Waals surface area contributed by atoms with E-state index in [1.54, 1.807) is 12.1 Å². The zero-order valence-electron chi connectivity index (χ0n) is 14.0. The van der Waals surface area contributed by atoms with Gasteiger partial charge in [0.15, 0.2) is 0 Å². The normalized spacial score (nSPS) is 12.8. The van der Waals surface area contributed by atoms with Gasteiger partial charge in [0.25, 0.3) is 0 Å². The third-order valence-corrected chi connectivity index (χ3v) is 4.00. The Kier molecular flexibility index (Phi) is 9.32. The summed E-state index contributed by atoms with van der Waals surface area (Å²) < 4.78 is 13.8. The molecular weight excluding hydrogens is 261 g/mol. The quantitative estimate of drug-likeness (QED) is 0.543. The number of halogens is 1. The van der Waals surface area contributed by atoms with Gasteiger partial charge >= 0.3 is 0 Å². The smallest absolute Gasteiger partial charge is 0.126 e. The van der Waals surface area contributed by atoms with E-state index in [-0.39, 0.29) is 5.82 Å². The summed E-state index contributed by atoms with van der Waals surface area (Å²) in [5.41, 5.74) is 0.863. The predicted molar refractivity (Wildman–Crippen MR) is 90.1 cm³/mol. The van der Waals surface area contributed by atoms with Gasteiger partial charge in [0.2, 0.25) is 0 Å². The first kappa shape index (κ1) is 18.2. The monoisotopic (exact) mass is 293 g/mol. The van der Waals surface area contributed by atoms with Gasteiger partial charge in [-0.25, -0.2) is 4.39 Å². The van der Waals surface area contributed by atoms with E-state index in [2.05, 4.69) is 26.1 Å². The minimum absolute atomic E-state index is 0.0574. The highest BCUT2D eigenvalue weighted by molar-refractivity contribution is 5.17. The van der Waals surface area contributed by atoms with E-state index in [1.165, 1.54) is 38.5 Å². The molecule has 120 valence electrons. The Morgan fingerprint density at radius 1 is 1.05 bits per heavy atom. The fourth-order valence-corrected chi connectivity index (χ4v) is 2.69. The van der Waals surface area contributed by atoms with E-state index >= 15 is 0 Å². The summed E-state index contributed by atoms with van der Waals surface area (Å²) in [4.78, 5) is 0. The maximum Gasteiger partial charge on any atom is 0.126 e. The van der Waals surface area contributed by atoms with Crippen LogP contribution in [0.5, 0.6) is 0 Å². The molecule has 1 rings (SSSR count). The standard InChI is InChI=1S/C19H32FN/c1-4-5-6-7-8-11-17(15-21-16(2)3)14-18-12-9-10-13-19(18)20/h9-10,12-13,16-17,21H,4-8,11,14-15H2,1-3H3. The van der Waals surface area contributed by atoms with Crippen LogP contribution in [0.2, 0.25) is 0 Å². The fourth-order valence-electron chi connectivity index (χ4n) is 2.69. The molecule has 0 radical (unpaired) electrons. The van der Waals surface area contributed by atoms with Crippen molar-refractivity contribution >= 4 is 0 Å². The van der Waals surface area contributed by atoms with Crippen LogP contribution in [0.4, 0.5) is 4.39 Å². The molecular formula is C19H32FN. The highest BCUT2D eigenvalue weighted by atomic mass is 19.1. The lowest BCUT2D eigenvalue weighted by molar-refractivity contribution is 0.399. The molecule has 0 spiro atoms. The van der Waals surface area contributed by atoms with Crippen LogP contribution in [-0.2, 0) is 6.42 Å². The van der Waals surface area contributed by atoms with Gasteiger partial charge < -0.3 is 5.32 Å². The van der Waals surface area contributed by atoms with Crippen LogP contribution in [0.15, 0.2) is 24.3 Å². The van der Waals surface area contributed by atoms with Crippen LogP contribution < -0.4 is 5.32 Å². The van der Waals surface area contributed by atoms with Crippen LogP contribution >= 0.6 is 0 Å². The fraction of sp³-hybridized carbons (Fsp3) is 0.684. The van der Waals surface area contributed by atoms with E-state index in [0.29, 0.717) is 12.0 Å². The molecule has 2 heteroatoms. The summed E-state index contributed by atoms with van der Waals surface area (Å²) >= 11 is 0. The van der Waals surface area contributed by atoms with Crippen molar-refractivity contribution in [2.45, 2.75) is 71.8 Å². The Morgan fingerprint density at radius 2 is 1.76 bits per heavy atom. The van der Waals surface area contributed by atoms with Crippen LogP contribution in [0.1, 0.15) is 64.9 Å². The molecule has 1 N–H and O–H groups in total. The van der Waals surface area contributed by atoms with Crippen molar-refractivity contribution < 1.29 is 4.39 Å². The van der Waals surface area contributed by atoms with Gasteiger partial charge in [0.05, 0.1) is 0 Å². The van der Waals surface area contributed by atoms with Gasteiger partial charge in [0.1, 0.15) is 5.82 Å². The van der Waals surface area contributed by atoms with Gasteiger partial charge in [-0.2, -0.15) is 0 Å². The average Bonchev–Trinajstić information content (AvgIpc) is 2.46. The number of benzene rings is 1. The SMILES string of the molecule is CCCCCCCC(CNC(C)C)Cc1ccccc1F. The molecule has 1 unspecified atom stereocenters. The first-order valence-corrected chi connectivity index (χ1v) is 8.60. The molecule has 1 aromatic carbocycles. The first-order valence-electron chi connectivity index (χ1n) is 8.60. The summed E-state index contributed by atoms with van der Waals surface area (Å²) in [7, 11) is 0. The molecule has 0 saturated heterocycles. The second kappa shape index (κ2) is 10.8. The van der Waals surface area contributed by atoms with Crippen molar-refractivity contribution in [3.63, 3.8) is 0 Å². The lowest BCUT2D eigenvalue weighted by Crippen LogP contribution is -2.30. The van der Waals surface area contributed by atoms with Gasteiger partial charge in [-0.05, 0) is 36.9 Å². The molecule has 1 nitrogen and oxygen atoms in total. The molecule has 0 aliphatic carbocycles. The minimum Gasteiger partial charge on any atom is -0.314 e. The van der Waals surface area contributed by atoms with Gasteiger partial charge in [-0.15, -0.1) is 0 Å². The summed E-state index contributed by atoms with van der Waals surface area (Å²) in [6.45, 7) is 7.57. The molecule has 1 atom stereocenters. The van der Waals surface area contributed by atoms with E-state index in [4.69, 9.17) is 0 Å². The lowest BCUT2D eigenvalue weighted by atomic mass is 9.93. The maximum absolute atomic E-state index is 13.8. The van der Waals surface area contributed by atoms with Crippen molar-refractivity contribution in [2.24, 2.45) is 5.92 Å². The third-order valence-electron chi connectivity index (χ3n) is 4.00. The van der Waals surface area contributed by atoms with E-state index < -0.39 is 0 Å². The second-order valence-corrected chi connectivity index (χ2v) is 6.43. The lowest BCUT2D eigenvalue weighted by Gasteiger charge is -2.20. The molecule has 0 heterocycles. The Bertz CT molecular complexity index is 376.